The lowest BCUT2D eigenvalue weighted by molar-refractivity contribution is -0.165. The van der Waals surface area contributed by atoms with E-state index in [-0.39, 0.29) is 0 Å². The maximum Gasteiger partial charge on any atom is 0.416 e. The zero-order chi connectivity index (χ0) is 24.6. The van der Waals surface area contributed by atoms with Crippen LogP contribution >= 0.6 is 0 Å². The van der Waals surface area contributed by atoms with Gasteiger partial charge in [0.15, 0.2) is 12.2 Å². The van der Waals surface area contributed by atoms with Gasteiger partial charge in [-0.25, -0.2) is 9.59 Å². The van der Waals surface area contributed by atoms with Crippen LogP contribution in [0.1, 0.15) is 24.0 Å². The molecule has 186 valence electrons. The van der Waals surface area contributed by atoms with E-state index >= 15 is 0 Å². The van der Waals surface area contributed by atoms with E-state index in [0.717, 1.165) is 45.7 Å². The molecule has 2 saturated heterocycles. The Balaban J connectivity index is 0.000000328. The molecule has 2 heterocycles. The molecule has 3 rings (SSSR count). The molecule has 2 aliphatic rings. The second kappa shape index (κ2) is 12.3. The summed E-state index contributed by atoms with van der Waals surface area (Å²) in [7, 11) is 0. The van der Waals surface area contributed by atoms with Crippen molar-refractivity contribution >= 4 is 11.9 Å². The highest BCUT2D eigenvalue weighted by molar-refractivity contribution is 5.83. The molecule has 0 amide bonds. The van der Waals surface area contributed by atoms with Gasteiger partial charge in [-0.3, -0.25) is 4.90 Å². The molecule has 3 unspecified atom stereocenters. The van der Waals surface area contributed by atoms with Crippen molar-refractivity contribution in [3.63, 3.8) is 0 Å². The lowest BCUT2D eigenvalue weighted by Gasteiger charge is -2.31. The van der Waals surface area contributed by atoms with Crippen molar-refractivity contribution in [1.29, 1.82) is 0 Å². The van der Waals surface area contributed by atoms with Crippen LogP contribution in [-0.2, 0) is 27.0 Å². The van der Waals surface area contributed by atoms with E-state index in [1.165, 1.54) is 12.1 Å². The maximum atomic E-state index is 13.2. The Morgan fingerprint density at radius 3 is 2.24 bits per heavy atom. The second-order valence-corrected chi connectivity index (χ2v) is 8.03. The first-order chi connectivity index (χ1) is 15.5. The van der Waals surface area contributed by atoms with Gasteiger partial charge in [-0.15, -0.1) is 0 Å². The Kier molecular flexibility index (Phi) is 10.0. The fourth-order valence-electron chi connectivity index (χ4n) is 3.78. The van der Waals surface area contributed by atoms with Crippen molar-refractivity contribution in [2.24, 2.45) is 5.92 Å². The first-order valence-electron chi connectivity index (χ1n) is 10.5. The molecule has 0 spiro atoms. The highest BCUT2D eigenvalue weighted by Gasteiger charge is 2.34. The third kappa shape index (κ3) is 8.23. The highest BCUT2D eigenvalue weighted by Crippen LogP contribution is 2.33. The molecule has 0 bridgehead atoms. The monoisotopic (exact) mass is 478 g/mol. The number of hydrogen-bond donors (Lipinski definition) is 5. The standard InChI is InChI=1S/C17H23F3N2O.C4H6O6/c18-17(19,20)16-4-2-1-3-14(16)11-22(15-5-7-21-9-15)10-13-6-8-23-12-13;5-1(3(7)8)2(6)4(9)10/h1-4,13,15,21H,5-12H2;1-2,5-6H,(H,7,8)(H,9,10)/t13?,15-;/m0./s1. The van der Waals surface area contributed by atoms with Gasteiger partial charge in [-0.2, -0.15) is 13.2 Å². The lowest BCUT2D eigenvalue weighted by atomic mass is 10.0. The molecule has 5 N–H and O–H groups in total. The molecule has 9 nitrogen and oxygen atoms in total. The Bertz CT molecular complexity index is 763. The predicted molar refractivity (Wildman–Crippen MR) is 109 cm³/mol. The number of aliphatic hydroxyl groups excluding tert-OH is 2. The summed E-state index contributed by atoms with van der Waals surface area (Å²) < 4.78 is 45.1. The molecular formula is C21H29F3N2O7. The van der Waals surface area contributed by atoms with Crippen LogP contribution in [0.4, 0.5) is 13.2 Å². The summed E-state index contributed by atoms with van der Waals surface area (Å²) in [5.41, 5.74) is -0.149. The normalized spacial score (nSPS) is 22.5. The molecule has 2 aliphatic heterocycles. The van der Waals surface area contributed by atoms with E-state index in [2.05, 4.69) is 10.2 Å². The first kappa shape index (κ1) is 27.0. The summed E-state index contributed by atoms with van der Waals surface area (Å²) in [5, 5.41) is 35.8. The van der Waals surface area contributed by atoms with Crippen LogP contribution in [0, 0.1) is 5.92 Å². The number of aliphatic hydroxyl groups is 2. The molecule has 0 aliphatic carbocycles. The molecule has 33 heavy (non-hydrogen) atoms. The Morgan fingerprint density at radius 1 is 1.12 bits per heavy atom. The van der Waals surface area contributed by atoms with Gasteiger partial charge >= 0.3 is 18.1 Å². The van der Waals surface area contributed by atoms with Crippen LogP contribution in [0.15, 0.2) is 24.3 Å². The Labute approximate surface area is 188 Å². The van der Waals surface area contributed by atoms with Gasteiger partial charge in [0.1, 0.15) is 0 Å². The summed E-state index contributed by atoms with van der Waals surface area (Å²) in [4.78, 5) is 21.8. The summed E-state index contributed by atoms with van der Waals surface area (Å²) in [5.74, 6) is -3.11. The number of rotatable bonds is 8. The SMILES string of the molecule is FC(F)(F)c1ccccc1CN(CC1CCOC1)[C@H]1CCNC1.O=C(O)C(O)C(O)C(=O)O. The van der Waals surface area contributed by atoms with E-state index < -0.39 is 35.9 Å². The second-order valence-electron chi connectivity index (χ2n) is 8.03. The minimum Gasteiger partial charge on any atom is -0.479 e. The number of carbonyl (C=O) groups is 2. The van der Waals surface area contributed by atoms with Crippen molar-refractivity contribution in [3.8, 4) is 0 Å². The number of ether oxygens (including phenoxy) is 1. The van der Waals surface area contributed by atoms with Gasteiger partial charge in [0.25, 0.3) is 0 Å². The number of hydrogen-bond acceptors (Lipinski definition) is 7. The molecule has 0 saturated carbocycles. The molecule has 4 atom stereocenters. The van der Waals surface area contributed by atoms with Gasteiger partial charge in [-0.05, 0) is 36.9 Å². The maximum absolute atomic E-state index is 13.2. The van der Waals surface area contributed by atoms with Crippen LogP contribution in [0.3, 0.4) is 0 Å². The molecule has 0 aromatic heterocycles. The zero-order valence-electron chi connectivity index (χ0n) is 17.9. The number of carboxylic acids is 2. The quantitative estimate of drug-likeness (QED) is 0.367. The Hall–Kier alpha value is -2.25. The van der Waals surface area contributed by atoms with Crippen LogP contribution in [0.25, 0.3) is 0 Å². The minimum atomic E-state index is -4.30. The van der Waals surface area contributed by atoms with E-state index in [1.54, 1.807) is 12.1 Å². The fourth-order valence-corrected chi connectivity index (χ4v) is 3.78. The molecule has 1 aromatic carbocycles. The van der Waals surface area contributed by atoms with E-state index in [4.69, 9.17) is 25.2 Å². The van der Waals surface area contributed by atoms with Crippen LogP contribution in [0.2, 0.25) is 0 Å². The molecule has 1 aromatic rings. The van der Waals surface area contributed by atoms with Crippen LogP contribution < -0.4 is 5.32 Å². The molecule has 12 heteroatoms. The predicted octanol–water partition coefficient (Wildman–Crippen LogP) is 0.783. The number of aliphatic carboxylic acids is 2. The smallest absolute Gasteiger partial charge is 0.416 e. The van der Waals surface area contributed by atoms with Crippen LogP contribution in [0.5, 0.6) is 0 Å². The highest BCUT2D eigenvalue weighted by atomic mass is 19.4. The summed E-state index contributed by atoms with van der Waals surface area (Å²) >= 11 is 0. The number of carboxylic acid groups (broad SMARTS) is 2. The topological polar surface area (TPSA) is 140 Å². The van der Waals surface area contributed by atoms with Gasteiger partial charge < -0.3 is 30.5 Å². The molecule has 2 fully saturated rings. The van der Waals surface area contributed by atoms with Gasteiger partial charge in [0.05, 0.1) is 12.2 Å². The van der Waals surface area contributed by atoms with E-state index in [1.807, 2.05) is 0 Å². The number of benzene rings is 1. The largest absolute Gasteiger partial charge is 0.479 e. The molecular weight excluding hydrogens is 449 g/mol. The Morgan fingerprint density at radius 2 is 1.76 bits per heavy atom. The fraction of sp³-hybridized carbons (Fsp3) is 0.619. The third-order valence-corrected chi connectivity index (χ3v) is 5.57. The van der Waals surface area contributed by atoms with Crippen LogP contribution in [-0.4, -0.2) is 88.4 Å². The minimum absolute atomic E-state index is 0.303. The van der Waals surface area contributed by atoms with Gasteiger partial charge in [-0.1, -0.05) is 18.2 Å². The van der Waals surface area contributed by atoms with Crippen molar-refractivity contribution < 1.29 is 47.9 Å². The number of nitrogens with zero attached hydrogens (tertiary/aromatic N) is 1. The third-order valence-electron chi connectivity index (χ3n) is 5.57. The number of alkyl halides is 3. The lowest BCUT2D eigenvalue weighted by Crippen LogP contribution is -2.40. The average Bonchev–Trinajstić information content (AvgIpc) is 3.46. The van der Waals surface area contributed by atoms with Crippen molar-refractivity contribution in [3.05, 3.63) is 35.4 Å². The summed E-state index contributed by atoms with van der Waals surface area (Å²) in [6.07, 6.45) is -6.85. The molecule has 0 radical (unpaired) electrons. The van der Waals surface area contributed by atoms with Gasteiger partial charge in [0, 0.05) is 32.3 Å². The summed E-state index contributed by atoms with van der Waals surface area (Å²) in [6.45, 7) is 4.42. The first-order valence-corrected chi connectivity index (χ1v) is 10.5. The van der Waals surface area contributed by atoms with Crippen molar-refractivity contribution in [2.75, 3.05) is 32.8 Å². The number of nitrogens with one attached hydrogen (secondary N) is 1. The van der Waals surface area contributed by atoms with E-state index in [0.29, 0.717) is 24.1 Å². The van der Waals surface area contributed by atoms with Crippen molar-refractivity contribution in [1.82, 2.24) is 10.2 Å². The number of halogens is 3. The summed E-state index contributed by atoms with van der Waals surface area (Å²) in [6, 6.07) is 6.23. The van der Waals surface area contributed by atoms with Gasteiger partial charge in [0.2, 0.25) is 0 Å². The van der Waals surface area contributed by atoms with E-state index in [9.17, 15) is 22.8 Å². The average molecular weight is 478 g/mol. The zero-order valence-corrected chi connectivity index (χ0v) is 17.9. The van der Waals surface area contributed by atoms with Crippen molar-refractivity contribution in [2.45, 2.75) is 43.8 Å².